The largest absolute Gasteiger partial charge is 0.393 e. The van der Waals surface area contributed by atoms with Gasteiger partial charge < -0.3 is 10.0 Å². The van der Waals surface area contributed by atoms with Crippen LogP contribution in [-0.2, 0) is 4.79 Å². The molecule has 0 spiro atoms. The number of likely N-dealkylation sites (tertiary alicyclic amines) is 1. The normalized spacial score (nSPS) is 54.2. The van der Waals surface area contributed by atoms with E-state index in [1.165, 1.54) is 32.1 Å². The molecule has 136 valence electrons. The van der Waals surface area contributed by atoms with Crippen LogP contribution in [0.25, 0.3) is 0 Å². The minimum absolute atomic E-state index is 0.0953. The molecule has 1 heterocycles. The first-order valence-corrected chi connectivity index (χ1v) is 10.3. The highest BCUT2D eigenvalue weighted by molar-refractivity contribution is 5.77. The molecule has 8 atom stereocenters. The Bertz CT molecular complexity index is 534. The number of piperidine rings is 1. The minimum Gasteiger partial charge on any atom is -0.393 e. The maximum atomic E-state index is 12.3. The number of carbonyl (C=O) groups excluding carboxylic acids is 1. The number of hydrogen-bond acceptors (Lipinski definition) is 2. The fraction of sp³-hybridized carbons (Fsp3) is 0.952. The lowest BCUT2D eigenvalue weighted by Crippen LogP contribution is -2.63. The molecule has 1 amide bonds. The second kappa shape index (κ2) is 5.46. The predicted molar refractivity (Wildman–Crippen MR) is 95.3 cm³/mol. The van der Waals surface area contributed by atoms with E-state index in [2.05, 4.69) is 25.7 Å². The average molecular weight is 334 g/mol. The first kappa shape index (κ1) is 16.9. The lowest BCUT2D eigenvalue weighted by atomic mass is 9.44. The number of aliphatic hydroxyl groups excluding tert-OH is 1. The molecule has 4 fully saturated rings. The Morgan fingerprint density at radius 2 is 1.83 bits per heavy atom. The van der Waals surface area contributed by atoms with Crippen molar-refractivity contribution in [2.24, 2.45) is 34.5 Å². The van der Waals surface area contributed by atoms with Gasteiger partial charge in [-0.15, -0.1) is 0 Å². The maximum Gasteiger partial charge on any atom is 0.222 e. The highest BCUT2D eigenvalue weighted by Crippen LogP contribution is 2.66. The van der Waals surface area contributed by atoms with Gasteiger partial charge in [0.25, 0.3) is 0 Å². The molecular formula is C21H35NO2. The Morgan fingerprint density at radius 1 is 1.12 bits per heavy atom. The molecule has 3 saturated carbocycles. The lowest BCUT2D eigenvalue weighted by molar-refractivity contribution is -0.170. The number of aliphatic hydroxyl groups is 1. The van der Waals surface area contributed by atoms with Crippen LogP contribution in [0.3, 0.4) is 0 Å². The molecule has 4 aliphatic rings. The molecule has 0 unspecified atom stereocenters. The summed E-state index contributed by atoms with van der Waals surface area (Å²) in [6.07, 6.45) is 8.75. The van der Waals surface area contributed by atoms with E-state index >= 15 is 0 Å². The highest BCUT2D eigenvalue weighted by atomic mass is 16.3. The van der Waals surface area contributed by atoms with Crippen molar-refractivity contribution < 1.29 is 9.90 Å². The van der Waals surface area contributed by atoms with Crippen LogP contribution in [0.15, 0.2) is 0 Å². The molecule has 3 aliphatic carbocycles. The maximum absolute atomic E-state index is 12.3. The summed E-state index contributed by atoms with van der Waals surface area (Å²) in [6.45, 7) is 7.19. The molecule has 0 bridgehead atoms. The second-order valence-electron chi connectivity index (χ2n) is 9.86. The van der Waals surface area contributed by atoms with Crippen molar-refractivity contribution in [1.82, 2.24) is 4.90 Å². The third-order valence-electron chi connectivity index (χ3n) is 9.22. The number of nitrogens with zero attached hydrogens (tertiary/aromatic N) is 1. The molecule has 3 heteroatoms. The molecule has 0 aromatic rings. The van der Waals surface area contributed by atoms with Gasteiger partial charge in [0.1, 0.15) is 0 Å². The zero-order valence-corrected chi connectivity index (χ0v) is 15.9. The Balaban J connectivity index is 1.72. The Labute approximate surface area is 147 Å². The molecular weight excluding hydrogens is 298 g/mol. The van der Waals surface area contributed by atoms with E-state index in [1.54, 1.807) is 0 Å². The topological polar surface area (TPSA) is 40.5 Å². The molecule has 0 radical (unpaired) electrons. The summed E-state index contributed by atoms with van der Waals surface area (Å²) in [5, 5.41) is 10.7. The first-order valence-electron chi connectivity index (χ1n) is 10.3. The zero-order chi connectivity index (χ0) is 17.3. The van der Waals surface area contributed by atoms with Gasteiger partial charge in [-0.25, -0.2) is 0 Å². The number of rotatable bonds is 1. The molecule has 1 saturated heterocycles. The summed E-state index contributed by atoms with van der Waals surface area (Å²) in [5.74, 6) is 3.25. The van der Waals surface area contributed by atoms with E-state index < -0.39 is 0 Å². The van der Waals surface area contributed by atoms with Gasteiger partial charge in [0.05, 0.1) is 6.10 Å². The van der Waals surface area contributed by atoms with Crippen LogP contribution in [0.2, 0.25) is 0 Å². The van der Waals surface area contributed by atoms with Gasteiger partial charge in [-0.1, -0.05) is 27.2 Å². The monoisotopic (exact) mass is 333 g/mol. The molecule has 3 nitrogen and oxygen atoms in total. The van der Waals surface area contributed by atoms with Crippen LogP contribution in [-0.4, -0.2) is 35.1 Å². The van der Waals surface area contributed by atoms with Crippen LogP contribution < -0.4 is 0 Å². The van der Waals surface area contributed by atoms with Crippen LogP contribution in [0.1, 0.15) is 72.1 Å². The second-order valence-corrected chi connectivity index (χ2v) is 9.86. The number of amides is 1. The Morgan fingerprint density at radius 3 is 2.54 bits per heavy atom. The molecule has 0 aromatic carbocycles. The highest BCUT2D eigenvalue weighted by Gasteiger charge is 2.63. The minimum atomic E-state index is -0.0953. The standard InChI is InChI=1S/C21H35NO2/c1-5-13-12-16-20(2,11-9-18(24)22(16)4)15-8-10-21(3)14(19(13)15)6-7-17(21)23/h13-17,19,23H,5-12H2,1-4H3/t13-,14+,15+,16-,17+,19+,20-,21+/m1/s1. The lowest BCUT2D eigenvalue weighted by Gasteiger charge is -2.63. The fourth-order valence-corrected chi connectivity index (χ4v) is 7.67. The molecule has 0 aromatic heterocycles. The summed E-state index contributed by atoms with van der Waals surface area (Å²) in [6, 6.07) is 0.431. The summed E-state index contributed by atoms with van der Waals surface area (Å²) in [4.78, 5) is 14.4. The average Bonchev–Trinajstić information content (AvgIpc) is 2.87. The summed E-state index contributed by atoms with van der Waals surface area (Å²) >= 11 is 0. The Kier molecular flexibility index (Phi) is 3.84. The quantitative estimate of drug-likeness (QED) is 0.792. The SMILES string of the molecule is CC[C@@H]1C[C@H]2N(C)C(=O)CC[C@]2(C)[C@H]2CC[C@]3(C)[C@@H](O)CC[C@H]3[C@H]12. The molecule has 1 N–H and O–H groups in total. The molecule has 24 heavy (non-hydrogen) atoms. The van der Waals surface area contributed by atoms with Crippen LogP contribution in [0.4, 0.5) is 0 Å². The van der Waals surface area contributed by atoms with E-state index in [0.717, 1.165) is 37.0 Å². The third-order valence-corrected chi connectivity index (χ3v) is 9.22. The van der Waals surface area contributed by atoms with E-state index in [4.69, 9.17) is 0 Å². The van der Waals surface area contributed by atoms with Crippen LogP contribution in [0, 0.1) is 34.5 Å². The van der Waals surface area contributed by atoms with Crippen molar-refractivity contribution in [2.45, 2.75) is 84.3 Å². The van der Waals surface area contributed by atoms with Crippen molar-refractivity contribution in [1.29, 1.82) is 0 Å². The van der Waals surface area contributed by atoms with Crippen molar-refractivity contribution in [3.8, 4) is 0 Å². The fourth-order valence-electron chi connectivity index (χ4n) is 7.67. The van der Waals surface area contributed by atoms with Crippen LogP contribution >= 0.6 is 0 Å². The number of carbonyl (C=O) groups is 1. The number of hydrogen-bond donors (Lipinski definition) is 1. The predicted octanol–water partition coefficient (Wildman–Crippen LogP) is 3.85. The van der Waals surface area contributed by atoms with Crippen molar-refractivity contribution in [3.05, 3.63) is 0 Å². The smallest absolute Gasteiger partial charge is 0.222 e. The Hall–Kier alpha value is -0.570. The zero-order valence-electron chi connectivity index (χ0n) is 15.9. The van der Waals surface area contributed by atoms with Crippen molar-refractivity contribution >= 4 is 5.91 Å². The van der Waals surface area contributed by atoms with E-state index in [-0.39, 0.29) is 16.9 Å². The van der Waals surface area contributed by atoms with Crippen molar-refractivity contribution in [3.63, 3.8) is 0 Å². The number of fused-ring (bicyclic) bond motifs is 5. The molecule has 1 aliphatic heterocycles. The van der Waals surface area contributed by atoms with E-state index in [1.807, 2.05) is 7.05 Å². The van der Waals surface area contributed by atoms with E-state index in [0.29, 0.717) is 17.9 Å². The summed E-state index contributed by atoms with van der Waals surface area (Å²) < 4.78 is 0. The molecule has 4 rings (SSSR count). The van der Waals surface area contributed by atoms with Crippen molar-refractivity contribution in [2.75, 3.05) is 7.05 Å². The van der Waals surface area contributed by atoms with Gasteiger partial charge in [0.15, 0.2) is 0 Å². The van der Waals surface area contributed by atoms with Gasteiger partial charge in [-0.3, -0.25) is 4.79 Å². The third kappa shape index (κ3) is 2.03. The van der Waals surface area contributed by atoms with Crippen LogP contribution in [0.5, 0.6) is 0 Å². The van der Waals surface area contributed by atoms with Gasteiger partial charge in [0.2, 0.25) is 5.91 Å². The van der Waals surface area contributed by atoms with E-state index in [9.17, 15) is 9.90 Å². The first-order chi connectivity index (χ1) is 11.3. The summed E-state index contributed by atoms with van der Waals surface area (Å²) in [7, 11) is 2.05. The summed E-state index contributed by atoms with van der Waals surface area (Å²) in [5.41, 5.74) is 0.433. The van der Waals surface area contributed by atoms with Gasteiger partial charge in [0, 0.05) is 19.5 Å². The van der Waals surface area contributed by atoms with Gasteiger partial charge in [-0.2, -0.15) is 0 Å². The van der Waals surface area contributed by atoms with Gasteiger partial charge in [-0.05, 0) is 73.0 Å². The van der Waals surface area contributed by atoms with Gasteiger partial charge >= 0.3 is 0 Å².